The number of carbonyl (C=O) groups excluding carboxylic acids is 2. The number of imide groups is 1. The summed E-state index contributed by atoms with van der Waals surface area (Å²) in [7, 11) is -3.75. The van der Waals surface area contributed by atoms with Gasteiger partial charge in [-0.2, -0.15) is 26.3 Å². The number of amides is 3. The van der Waals surface area contributed by atoms with E-state index in [0.717, 1.165) is 13.2 Å². The second kappa shape index (κ2) is 10.6. The number of aryl methyl sites for hydroxylation is 1. The Morgan fingerprint density at radius 1 is 0.947 bits per heavy atom. The number of benzene rings is 2. The van der Waals surface area contributed by atoms with Crippen LogP contribution in [0.2, 0.25) is 0 Å². The van der Waals surface area contributed by atoms with Gasteiger partial charge in [0.25, 0.3) is 5.91 Å². The van der Waals surface area contributed by atoms with Crippen LogP contribution in [0.4, 0.5) is 41.2 Å². The molecule has 2 aromatic carbocycles. The quantitative estimate of drug-likeness (QED) is 0.283. The number of urea groups is 1. The lowest BCUT2D eigenvalue weighted by Crippen LogP contribution is -2.56. The zero-order chi connectivity index (χ0) is 29.5. The van der Waals surface area contributed by atoms with Crippen molar-refractivity contribution in [3.8, 4) is 0 Å². The number of hydrogen-bond donors (Lipinski definition) is 1. The minimum atomic E-state index is -6.33. The average Bonchev–Trinajstić information content (AvgIpc) is 2.71. The van der Waals surface area contributed by atoms with E-state index in [0.29, 0.717) is 14.5 Å². The van der Waals surface area contributed by atoms with Gasteiger partial charge in [0, 0.05) is 21.1 Å². The van der Waals surface area contributed by atoms with Crippen LogP contribution in [-0.2, 0) is 15.5 Å². The predicted octanol–water partition coefficient (Wildman–Crippen LogP) is 6.39. The van der Waals surface area contributed by atoms with Gasteiger partial charge in [0.05, 0.1) is 16.9 Å². The molecule has 0 aliphatic rings. The number of nitrogens with zero attached hydrogens (tertiary/aromatic N) is 1. The van der Waals surface area contributed by atoms with Crippen LogP contribution >= 0.6 is 22.6 Å². The van der Waals surface area contributed by atoms with Crippen molar-refractivity contribution in [1.29, 1.82) is 0 Å². The van der Waals surface area contributed by atoms with Gasteiger partial charge in [0.15, 0.2) is 0 Å². The maximum absolute atomic E-state index is 14.4. The smallest absolute Gasteiger partial charge is 0.307 e. The van der Waals surface area contributed by atoms with Gasteiger partial charge < -0.3 is 5.32 Å². The number of halogens is 8. The summed E-state index contributed by atoms with van der Waals surface area (Å²) >= 11 is 1.82. The standard InChI is InChI=1S/C23H22F7IN2O4S/c1-13-11-14(21(24,22(25,26)27)23(28,29)30)9-10-17(13)32-19(35)33(20(2,3)12-38(4,36)37)18(34)15-7-5-6-8-16(15)31/h5-11H,12H2,1-4H3,(H,32,35). The lowest BCUT2D eigenvalue weighted by molar-refractivity contribution is -0.348. The molecule has 15 heteroatoms. The average molecular weight is 682 g/mol. The van der Waals surface area contributed by atoms with Crippen LogP contribution in [-0.4, -0.2) is 55.2 Å². The maximum Gasteiger partial charge on any atom is 0.435 e. The van der Waals surface area contributed by atoms with E-state index < -0.39 is 56.7 Å². The van der Waals surface area contributed by atoms with Crippen LogP contribution in [0.3, 0.4) is 0 Å². The highest BCUT2D eigenvalue weighted by molar-refractivity contribution is 14.1. The molecule has 0 saturated carbocycles. The van der Waals surface area contributed by atoms with Crippen LogP contribution in [0.25, 0.3) is 0 Å². The van der Waals surface area contributed by atoms with Gasteiger partial charge in [0.1, 0.15) is 9.84 Å². The minimum Gasteiger partial charge on any atom is -0.307 e. The molecule has 1 N–H and O–H groups in total. The molecule has 0 spiro atoms. The van der Waals surface area contributed by atoms with E-state index in [4.69, 9.17) is 0 Å². The van der Waals surface area contributed by atoms with Gasteiger partial charge in [0.2, 0.25) is 0 Å². The summed E-state index contributed by atoms with van der Waals surface area (Å²) in [5, 5.41) is 2.21. The Morgan fingerprint density at radius 2 is 1.47 bits per heavy atom. The number of alkyl halides is 7. The number of anilines is 1. The number of nitrogens with one attached hydrogen (secondary N) is 1. The Labute approximate surface area is 227 Å². The van der Waals surface area contributed by atoms with E-state index in [-0.39, 0.29) is 28.9 Å². The Bertz CT molecular complexity index is 1330. The first kappa shape index (κ1) is 31.8. The molecule has 210 valence electrons. The van der Waals surface area contributed by atoms with Crippen LogP contribution in [0.5, 0.6) is 0 Å². The third kappa shape index (κ3) is 6.58. The molecule has 0 saturated heterocycles. The Hall–Kier alpha value is -2.43. The molecular formula is C23H22F7IN2O4S. The summed E-state index contributed by atoms with van der Waals surface area (Å²) in [6.07, 6.45) is -11.8. The van der Waals surface area contributed by atoms with E-state index in [1.54, 1.807) is 12.1 Å². The summed E-state index contributed by atoms with van der Waals surface area (Å²) in [5.41, 5.74) is -9.75. The zero-order valence-electron chi connectivity index (χ0n) is 20.3. The van der Waals surface area contributed by atoms with Gasteiger partial charge >= 0.3 is 24.1 Å². The first-order chi connectivity index (χ1) is 17.0. The molecule has 0 aromatic heterocycles. The highest BCUT2D eigenvalue weighted by Gasteiger charge is 2.73. The van der Waals surface area contributed by atoms with Gasteiger partial charge in [-0.05, 0) is 67.1 Å². The molecule has 0 atom stereocenters. The van der Waals surface area contributed by atoms with Crippen molar-refractivity contribution in [2.45, 2.75) is 44.3 Å². The summed E-state index contributed by atoms with van der Waals surface area (Å²) in [5.74, 6) is -1.57. The molecule has 0 heterocycles. The fourth-order valence-corrected chi connectivity index (χ4v) is 5.81. The first-order valence-corrected chi connectivity index (χ1v) is 13.7. The molecule has 0 radical (unpaired) electrons. The lowest BCUT2D eigenvalue weighted by atomic mass is 9.92. The highest BCUT2D eigenvalue weighted by atomic mass is 127. The lowest BCUT2D eigenvalue weighted by Gasteiger charge is -2.36. The largest absolute Gasteiger partial charge is 0.435 e. The van der Waals surface area contributed by atoms with E-state index >= 15 is 0 Å². The van der Waals surface area contributed by atoms with Crippen LogP contribution in [0.1, 0.15) is 35.3 Å². The van der Waals surface area contributed by atoms with Gasteiger partial charge in [-0.25, -0.2) is 17.6 Å². The van der Waals surface area contributed by atoms with Crippen molar-refractivity contribution in [1.82, 2.24) is 4.90 Å². The number of hydrogen-bond acceptors (Lipinski definition) is 4. The molecule has 0 fully saturated rings. The molecule has 2 rings (SSSR count). The molecule has 6 nitrogen and oxygen atoms in total. The second-order valence-electron chi connectivity index (χ2n) is 9.12. The molecule has 3 amide bonds. The van der Waals surface area contributed by atoms with Crippen molar-refractivity contribution in [2.75, 3.05) is 17.3 Å². The van der Waals surface area contributed by atoms with E-state index in [9.17, 15) is 48.7 Å². The molecular weight excluding hydrogens is 660 g/mol. The van der Waals surface area contributed by atoms with Crippen LogP contribution in [0, 0.1) is 10.5 Å². The Balaban J connectivity index is 2.56. The normalized spacial score (nSPS) is 13.3. The highest BCUT2D eigenvalue weighted by Crippen LogP contribution is 2.53. The predicted molar refractivity (Wildman–Crippen MR) is 134 cm³/mol. The molecule has 0 aliphatic heterocycles. The topological polar surface area (TPSA) is 83.6 Å². The minimum absolute atomic E-state index is 0.0365. The summed E-state index contributed by atoms with van der Waals surface area (Å²) in [6, 6.07) is 5.98. The second-order valence-corrected chi connectivity index (χ2v) is 12.4. The van der Waals surface area contributed by atoms with Crippen LogP contribution in [0.15, 0.2) is 42.5 Å². The third-order valence-electron chi connectivity index (χ3n) is 5.38. The van der Waals surface area contributed by atoms with E-state index in [1.165, 1.54) is 26.0 Å². The van der Waals surface area contributed by atoms with Crippen molar-refractivity contribution in [3.63, 3.8) is 0 Å². The van der Waals surface area contributed by atoms with E-state index in [1.807, 2.05) is 22.6 Å². The van der Waals surface area contributed by atoms with Gasteiger partial charge in [-0.1, -0.05) is 24.3 Å². The summed E-state index contributed by atoms with van der Waals surface area (Å²) in [6.45, 7) is 3.61. The Morgan fingerprint density at radius 3 is 1.92 bits per heavy atom. The number of carbonyl (C=O) groups is 2. The SMILES string of the molecule is Cc1cc(C(F)(C(F)(F)F)C(F)(F)F)ccc1NC(=O)N(C(=O)c1ccccc1I)C(C)(C)CS(C)(=O)=O. The van der Waals surface area contributed by atoms with Crippen molar-refractivity contribution >= 4 is 50.1 Å². The molecule has 0 bridgehead atoms. The van der Waals surface area contributed by atoms with E-state index in [2.05, 4.69) is 5.32 Å². The Kier molecular flexibility index (Phi) is 8.88. The molecule has 0 aliphatic carbocycles. The van der Waals surface area contributed by atoms with Crippen LogP contribution < -0.4 is 5.32 Å². The summed E-state index contributed by atoms with van der Waals surface area (Å²) in [4.78, 5) is 27.3. The monoisotopic (exact) mass is 682 g/mol. The maximum atomic E-state index is 14.4. The van der Waals surface area contributed by atoms with Gasteiger partial charge in [-0.15, -0.1) is 0 Å². The number of rotatable bonds is 6. The fourth-order valence-electron chi connectivity index (χ4n) is 3.78. The number of sulfone groups is 1. The van der Waals surface area contributed by atoms with Crippen molar-refractivity contribution in [3.05, 3.63) is 62.7 Å². The van der Waals surface area contributed by atoms with Crippen molar-refractivity contribution < 1.29 is 48.7 Å². The fraction of sp³-hybridized carbons (Fsp3) is 0.391. The van der Waals surface area contributed by atoms with Gasteiger partial charge in [-0.3, -0.25) is 9.69 Å². The summed E-state index contributed by atoms with van der Waals surface area (Å²) < 4.78 is 118. The zero-order valence-corrected chi connectivity index (χ0v) is 23.2. The molecule has 2 aromatic rings. The van der Waals surface area contributed by atoms with Crippen molar-refractivity contribution in [2.24, 2.45) is 0 Å². The molecule has 38 heavy (non-hydrogen) atoms. The first-order valence-electron chi connectivity index (χ1n) is 10.5. The third-order valence-corrected chi connectivity index (χ3v) is 7.55. The molecule has 0 unspecified atom stereocenters.